The lowest BCUT2D eigenvalue weighted by molar-refractivity contribution is 1.19. The van der Waals surface area contributed by atoms with E-state index in [0.29, 0.717) is 5.82 Å². The summed E-state index contributed by atoms with van der Waals surface area (Å²) in [7, 11) is 0. The molecule has 38 heavy (non-hydrogen) atoms. The molecule has 0 aliphatic rings. The summed E-state index contributed by atoms with van der Waals surface area (Å²) in [6.45, 7) is 0. The Labute approximate surface area is 219 Å². The zero-order valence-electron chi connectivity index (χ0n) is 20.5. The van der Waals surface area contributed by atoms with E-state index >= 15 is 0 Å². The van der Waals surface area contributed by atoms with Gasteiger partial charge in [0.05, 0.1) is 16.7 Å². The number of hydrogen-bond donors (Lipinski definition) is 0. The summed E-state index contributed by atoms with van der Waals surface area (Å²) in [5.41, 5.74) is 4.60. The third-order valence-electron chi connectivity index (χ3n) is 7.45. The van der Waals surface area contributed by atoms with E-state index in [0.717, 1.165) is 38.8 Å². The summed E-state index contributed by atoms with van der Waals surface area (Å²) in [5.74, 6) is 0.632. The highest BCUT2D eigenvalue weighted by Crippen LogP contribution is 2.38. The first-order valence-corrected chi connectivity index (χ1v) is 12.8. The van der Waals surface area contributed by atoms with E-state index in [9.17, 15) is 0 Å². The first kappa shape index (κ1) is 21.0. The molecule has 0 saturated heterocycles. The molecule has 0 unspecified atom stereocenters. The van der Waals surface area contributed by atoms with E-state index in [2.05, 4.69) is 91.0 Å². The normalized spacial score (nSPS) is 11.7. The van der Waals surface area contributed by atoms with Crippen molar-refractivity contribution in [1.82, 2.24) is 15.0 Å². The fourth-order valence-corrected chi connectivity index (χ4v) is 5.66. The predicted octanol–water partition coefficient (Wildman–Crippen LogP) is 8.97. The van der Waals surface area contributed by atoms with Gasteiger partial charge in [-0.05, 0) is 56.6 Å². The summed E-state index contributed by atoms with van der Waals surface area (Å²) in [6, 6.07) is 44.5. The van der Waals surface area contributed by atoms with Gasteiger partial charge in [-0.1, -0.05) is 103 Å². The number of benzene rings is 6. The zero-order chi connectivity index (χ0) is 25.1. The maximum atomic E-state index is 5.12. The van der Waals surface area contributed by atoms with Gasteiger partial charge in [-0.2, -0.15) is 0 Å². The van der Waals surface area contributed by atoms with E-state index in [-0.39, 0.29) is 0 Å². The fourth-order valence-electron chi connectivity index (χ4n) is 5.66. The molecule has 2 heterocycles. The van der Waals surface area contributed by atoms with Crippen molar-refractivity contribution in [2.75, 3.05) is 0 Å². The Morgan fingerprint density at radius 1 is 0.368 bits per heavy atom. The molecule has 0 spiro atoms. The number of pyridine rings is 1. The lowest BCUT2D eigenvalue weighted by Gasteiger charge is -2.13. The van der Waals surface area contributed by atoms with Crippen LogP contribution in [0.15, 0.2) is 127 Å². The second-order valence-electron chi connectivity index (χ2n) is 9.65. The summed E-state index contributed by atoms with van der Waals surface area (Å²) in [4.78, 5) is 14.9. The summed E-state index contributed by atoms with van der Waals surface area (Å²) >= 11 is 0. The van der Waals surface area contributed by atoms with Crippen LogP contribution in [0.1, 0.15) is 0 Å². The van der Waals surface area contributed by atoms with Crippen LogP contribution in [0.3, 0.4) is 0 Å². The van der Waals surface area contributed by atoms with Crippen LogP contribution in [0.2, 0.25) is 0 Å². The number of rotatable bonds is 2. The zero-order valence-corrected chi connectivity index (χ0v) is 20.5. The Kier molecular flexibility index (Phi) is 4.52. The first-order valence-electron chi connectivity index (χ1n) is 12.8. The standard InChI is InChI=1S/C35H21N3/c1-7-15-31-22(9-1)18-20-33(36-31)35-37-32-16-8-6-14-29(32)34(38-35)23-17-19-28-26-12-3-2-10-24(26)25-11-4-5-13-27(25)30(28)21-23/h1-21H. The molecule has 0 radical (unpaired) electrons. The molecule has 0 aliphatic carbocycles. The highest BCUT2D eigenvalue weighted by Gasteiger charge is 2.15. The number of aromatic nitrogens is 3. The first-order chi connectivity index (χ1) is 18.8. The molecule has 0 N–H and O–H groups in total. The predicted molar refractivity (Wildman–Crippen MR) is 158 cm³/mol. The molecule has 3 nitrogen and oxygen atoms in total. The van der Waals surface area contributed by atoms with E-state index in [1.54, 1.807) is 0 Å². The number of para-hydroxylation sites is 2. The van der Waals surface area contributed by atoms with Crippen LogP contribution in [0.4, 0.5) is 0 Å². The van der Waals surface area contributed by atoms with E-state index < -0.39 is 0 Å². The number of nitrogens with zero attached hydrogens (tertiary/aromatic N) is 3. The SMILES string of the molecule is c1ccc2nc(-c3nc(-c4ccc5c6ccccc6c6ccccc6c5c4)c4ccccc4n3)ccc2c1. The Morgan fingerprint density at radius 3 is 1.68 bits per heavy atom. The Hall–Kier alpha value is -5.15. The topological polar surface area (TPSA) is 38.7 Å². The van der Waals surface area contributed by atoms with Crippen LogP contribution in [-0.4, -0.2) is 15.0 Å². The molecule has 0 saturated carbocycles. The molecule has 6 aromatic carbocycles. The van der Waals surface area contributed by atoms with Crippen molar-refractivity contribution in [3.8, 4) is 22.8 Å². The van der Waals surface area contributed by atoms with Crippen molar-refractivity contribution in [2.45, 2.75) is 0 Å². The van der Waals surface area contributed by atoms with Gasteiger partial charge in [0.2, 0.25) is 0 Å². The van der Waals surface area contributed by atoms with Gasteiger partial charge in [-0.15, -0.1) is 0 Å². The maximum Gasteiger partial charge on any atom is 0.179 e. The van der Waals surface area contributed by atoms with Gasteiger partial charge in [0.15, 0.2) is 5.82 Å². The average Bonchev–Trinajstić information content (AvgIpc) is 3.00. The van der Waals surface area contributed by atoms with Crippen LogP contribution in [0.5, 0.6) is 0 Å². The molecular formula is C35H21N3. The summed E-state index contributed by atoms with van der Waals surface area (Å²) in [5, 5.41) is 9.66. The Balaban J connectivity index is 1.42. The van der Waals surface area contributed by atoms with Gasteiger partial charge in [0, 0.05) is 16.3 Å². The molecule has 8 aromatic rings. The molecule has 0 bridgehead atoms. The minimum absolute atomic E-state index is 0.632. The highest BCUT2D eigenvalue weighted by atomic mass is 14.9. The largest absolute Gasteiger partial charge is 0.244 e. The molecule has 3 heteroatoms. The van der Waals surface area contributed by atoms with Crippen molar-refractivity contribution in [1.29, 1.82) is 0 Å². The third-order valence-corrected chi connectivity index (χ3v) is 7.45. The van der Waals surface area contributed by atoms with Crippen molar-refractivity contribution < 1.29 is 0 Å². The molecular weight excluding hydrogens is 462 g/mol. The lowest BCUT2D eigenvalue weighted by Crippen LogP contribution is -1.97. The number of hydrogen-bond acceptors (Lipinski definition) is 3. The van der Waals surface area contributed by atoms with Gasteiger partial charge >= 0.3 is 0 Å². The molecule has 0 aliphatic heterocycles. The smallest absolute Gasteiger partial charge is 0.179 e. The average molecular weight is 484 g/mol. The quantitative estimate of drug-likeness (QED) is 0.230. The van der Waals surface area contributed by atoms with Crippen LogP contribution >= 0.6 is 0 Å². The second-order valence-corrected chi connectivity index (χ2v) is 9.65. The van der Waals surface area contributed by atoms with Crippen molar-refractivity contribution in [3.63, 3.8) is 0 Å². The molecule has 0 amide bonds. The third kappa shape index (κ3) is 3.19. The van der Waals surface area contributed by atoms with Crippen molar-refractivity contribution in [2.24, 2.45) is 0 Å². The van der Waals surface area contributed by atoms with Gasteiger partial charge in [0.1, 0.15) is 5.69 Å². The fraction of sp³-hybridized carbons (Fsp3) is 0. The van der Waals surface area contributed by atoms with Crippen molar-refractivity contribution in [3.05, 3.63) is 127 Å². The monoisotopic (exact) mass is 483 g/mol. The molecule has 8 rings (SSSR count). The van der Waals surface area contributed by atoms with Crippen LogP contribution in [0, 0.1) is 0 Å². The minimum atomic E-state index is 0.632. The summed E-state index contributed by atoms with van der Waals surface area (Å²) in [6.07, 6.45) is 0. The van der Waals surface area contributed by atoms with E-state index in [1.165, 1.54) is 32.3 Å². The molecule has 2 aromatic heterocycles. The van der Waals surface area contributed by atoms with E-state index in [1.807, 2.05) is 36.4 Å². The van der Waals surface area contributed by atoms with Gasteiger partial charge in [-0.25, -0.2) is 15.0 Å². The van der Waals surface area contributed by atoms with Crippen LogP contribution in [0.25, 0.3) is 76.9 Å². The van der Waals surface area contributed by atoms with Gasteiger partial charge in [-0.3, -0.25) is 0 Å². The lowest BCUT2D eigenvalue weighted by atomic mass is 9.92. The minimum Gasteiger partial charge on any atom is -0.244 e. The molecule has 0 atom stereocenters. The number of fused-ring (bicyclic) bond motifs is 8. The van der Waals surface area contributed by atoms with Crippen LogP contribution in [-0.2, 0) is 0 Å². The molecule has 0 fully saturated rings. The summed E-state index contributed by atoms with van der Waals surface area (Å²) < 4.78 is 0. The Morgan fingerprint density at radius 2 is 0.947 bits per heavy atom. The highest BCUT2D eigenvalue weighted by molar-refractivity contribution is 6.25. The van der Waals surface area contributed by atoms with E-state index in [4.69, 9.17) is 15.0 Å². The molecule has 176 valence electrons. The second kappa shape index (κ2) is 8.19. The van der Waals surface area contributed by atoms with Crippen molar-refractivity contribution >= 4 is 54.1 Å². The van der Waals surface area contributed by atoms with Crippen LogP contribution < -0.4 is 0 Å². The van der Waals surface area contributed by atoms with Gasteiger partial charge < -0.3 is 0 Å². The van der Waals surface area contributed by atoms with Gasteiger partial charge in [0.25, 0.3) is 0 Å². The Bertz CT molecular complexity index is 2160. The maximum absolute atomic E-state index is 5.12.